The Hall–Kier alpha value is -1.76. The number of benzene rings is 1. The minimum absolute atomic E-state index is 0.188. The first-order valence-corrected chi connectivity index (χ1v) is 9.44. The minimum atomic E-state index is -2.63. The lowest BCUT2D eigenvalue weighted by Gasteiger charge is -2.27. The molecular weight excluding hydrogens is 359 g/mol. The number of alkyl halides is 2. The molecule has 152 valence electrons. The molecule has 0 aliphatic heterocycles. The van der Waals surface area contributed by atoms with Gasteiger partial charge < -0.3 is 14.8 Å². The van der Waals surface area contributed by atoms with E-state index in [9.17, 15) is 18.0 Å². The molecule has 1 aliphatic carbocycles. The predicted octanol–water partition coefficient (Wildman–Crippen LogP) is 4.29. The van der Waals surface area contributed by atoms with Crippen LogP contribution in [0.5, 0.6) is 5.75 Å². The lowest BCUT2D eigenvalue weighted by molar-refractivity contribution is -0.129. The van der Waals surface area contributed by atoms with E-state index in [0.717, 1.165) is 5.56 Å². The highest BCUT2D eigenvalue weighted by Gasteiger charge is 2.37. The van der Waals surface area contributed by atoms with Crippen molar-refractivity contribution >= 4 is 5.91 Å². The number of ether oxygens (including phenoxy) is 2. The zero-order valence-corrected chi connectivity index (χ0v) is 15.9. The van der Waals surface area contributed by atoms with E-state index < -0.39 is 5.92 Å². The summed E-state index contributed by atoms with van der Waals surface area (Å²) in [6.45, 7) is 5.22. The van der Waals surface area contributed by atoms with Crippen LogP contribution in [0.1, 0.15) is 51.0 Å². The van der Waals surface area contributed by atoms with Crippen LogP contribution in [-0.4, -0.2) is 38.2 Å². The fourth-order valence-corrected chi connectivity index (χ4v) is 3.12. The molecule has 1 aromatic carbocycles. The number of carbonyl (C=O) groups is 1. The van der Waals surface area contributed by atoms with Crippen LogP contribution in [0.3, 0.4) is 0 Å². The zero-order valence-electron chi connectivity index (χ0n) is 15.9. The van der Waals surface area contributed by atoms with Crippen molar-refractivity contribution in [3.8, 4) is 5.75 Å². The molecule has 1 N–H and O–H groups in total. The Balaban J connectivity index is 1.59. The molecular formula is C20H28F3NO3. The van der Waals surface area contributed by atoms with Crippen LogP contribution < -0.4 is 10.1 Å². The summed E-state index contributed by atoms with van der Waals surface area (Å²) in [4.78, 5) is 11.9. The van der Waals surface area contributed by atoms with Crippen molar-refractivity contribution < 1.29 is 27.4 Å². The van der Waals surface area contributed by atoms with Gasteiger partial charge in [0, 0.05) is 31.4 Å². The van der Waals surface area contributed by atoms with Crippen molar-refractivity contribution in [1.29, 1.82) is 0 Å². The van der Waals surface area contributed by atoms with E-state index in [0.29, 0.717) is 25.5 Å². The average Bonchev–Trinajstić information content (AvgIpc) is 2.60. The second-order valence-electron chi connectivity index (χ2n) is 7.22. The van der Waals surface area contributed by atoms with Gasteiger partial charge in [0.1, 0.15) is 18.2 Å². The lowest BCUT2D eigenvalue weighted by Crippen LogP contribution is -2.37. The predicted molar refractivity (Wildman–Crippen MR) is 96.7 cm³/mol. The number of amides is 1. The van der Waals surface area contributed by atoms with Gasteiger partial charge in [-0.3, -0.25) is 4.79 Å². The molecule has 1 aliphatic rings. The van der Waals surface area contributed by atoms with Crippen molar-refractivity contribution in [3.63, 3.8) is 0 Å². The summed E-state index contributed by atoms with van der Waals surface area (Å²) < 4.78 is 50.6. The Morgan fingerprint density at radius 2 is 1.93 bits per heavy atom. The Bertz CT molecular complexity index is 612. The van der Waals surface area contributed by atoms with Crippen molar-refractivity contribution in [3.05, 3.63) is 29.6 Å². The first-order valence-electron chi connectivity index (χ1n) is 9.44. The monoisotopic (exact) mass is 387 g/mol. The minimum Gasteiger partial charge on any atom is -0.491 e. The van der Waals surface area contributed by atoms with Crippen LogP contribution in [0, 0.1) is 11.7 Å². The first-order chi connectivity index (χ1) is 12.8. The Kier molecular flexibility index (Phi) is 7.95. The van der Waals surface area contributed by atoms with Gasteiger partial charge in [-0.2, -0.15) is 0 Å². The van der Waals surface area contributed by atoms with E-state index in [-0.39, 0.29) is 55.9 Å². The maximum Gasteiger partial charge on any atom is 0.248 e. The number of halogens is 3. The molecule has 0 aromatic heterocycles. The summed E-state index contributed by atoms with van der Waals surface area (Å²) in [7, 11) is 0. The van der Waals surface area contributed by atoms with Crippen LogP contribution in [0.25, 0.3) is 0 Å². The van der Waals surface area contributed by atoms with E-state index in [1.807, 2.05) is 13.8 Å². The van der Waals surface area contributed by atoms with Gasteiger partial charge in [0.2, 0.25) is 11.8 Å². The molecule has 4 nitrogen and oxygen atoms in total. The Morgan fingerprint density at radius 1 is 1.22 bits per heavy atom. The van der Waals surface area contributed by atoms with Crippen LogP contribution in [0.4, 0.5) is 13.2 Å². The molecule has 0 spiro atoms. The lowest BCUT2D eigenvalue weighted by atomic mass is 9.86. The molecule has 7 heteroatoms. The first kappa shape index (κ1) is 21.5. The van der Waals surface area contributed by atoms with E-state index in [1.165, 1.54) is 12.1 Å². The quantitative estimate of drug-likeness (QED) is 0.643. The highest BCUT2D eigenvalue weighted by molar-refractivity contribution is 5.78. The van der Waals surface area contributed by atoms with Crippen molar-refractivity contribution in [2.75, 3.05) is 26.4 Å². The molecule has 1 aromatic rings. The summed E-state index contributed by atoms with van der Waals surface area (Å²) in [6.07, 6.45) is -0.00651. The van der Waals surface area contributed by atoms with Crippen molar-refractivity contribution in [1.82, 2.24) is 5.32 Å². The van der Waals surface area contributed by atoms with Gasteiger partial charge in [0.25, 0.3) is 0 Å². The van der Waals surface area contributed by atoms with Crippen molar-refractivity contribution in [2.24, 2.45) is 5.92 Å². The zero-order chi connectivity index (χ0) is 19.9. The maximum atomic E-state index is 13.4. The van der Waals surface area contributed by atoms with Gasteiger partial charge in [-0.05, 0) is 30.4 Å². The molecule has 0 atom stereocenters. The fourth-order valence-electron chi connectivity index (χ4n) is 3.12. The normalized spacial score (nSPS) is 17.1. The molecule has 0 bridgehead atoms. The maximum absolute atomic E-state index is 13.4. The van der Waals surface area contributed by atoms with Crippen molar-refractivity contribution in [2.45, 2.75) is 51.4 Å². The van der Waals surface area contributed by atoms with Gasteiger partial charge in [0.05, 0.1) is 13.2 Å². The van der Waals surface area contributed by atoms with E-state index in [4.69, 9.17) is 9.47 Å². The van der Waals surface area contributed by atoms with Gasteiger partial charge >= 0.3 is 0 Å². The summed E-state index contributed by atoms with van der Waals surface area (Å²) >= 11 is 0. The topological polar surface area (TPSA) is 47.6 Å². The largest absolute Gasteiger partial charge is 0.491 e. The summed E-state index contributed by atoms with van der Waals surface area (Å²) in [5, 5.41) is 2.72. The molecule has 1 saturated carbocycles. The fraction of sp³-hybridized carbons (Fsp3) is 0.650. The molecule has 1 amide bonds. The van der Waals surface area contributed by atoms with E-state index in [1.54, 1.807) is 6.07 Å². The third kappa shape index (κ3) is 7.05. The molecule has 0 radical (unpaired) electrons. The third-order valence-corrected chi connectivity index (χ3v) is 4.72. The standard InChI is InChI=1S/C20H28F3NO3/c1-14(2)17-4-3-16(21)13-18(17)27-12-11-26-10-9-24-19(25)15-5-7-20(22,23)8-6-15/h3-4,13-15H,5-12H2,1-2H3,(H,24,25). The number of rotatable bonds is 9. The molecule has 0 saturated heterocycles. The van der Waals surface area contributed by atoms with Gasteiger partial charge in [0.15, 0.2) is 0 Å². The van der Waals surface area contributed by atoms with Crippen LogP contribution in [-0.2, 0) is 9.53 Å². The van der Waals surface area contributed by atoms with E-state index >= 15 is 0 Å². The van der Waals surface area contributed by atoms with Gasteiger partial charge in [-0.1, -0.05) is 19.9 Å². The van der Waals surface area contributed by atoms with Crippen LogP contribution in [0.15, 0.2) is 18.2 Å². The molecule has 27 heavy (non-hydrogen) atoms. The number of hydrogen-bond donors (Lipinski definition) is 1. The summed E-state index contributed by atoms with van der Waals surface area (Å²) in [5.41, 5.74) is 0.932. The van der Waals surface area contributed by atoms with E-state index in [2.05, 4.69) is 5.32 Å². The van der Waals surface area contributed by atoms with Crippen LogP contribution in [0.2, 0.25) is 0 Å². The summed E-state index contributed by atoms with van der Waals surface area (Å²) in [6, 6.07) is 4.49. The molecule has 0 heterocycles. The van der Waals surface area contributed by atoms with Crippen LogP contribution >= 0.6 is 0 Å². The second-order valence-corrected chi connectivity index (χ2v) is 7.22. The van der Waals surface area contributed by atoms with Gasteiger partial charge in [-0.25, -0.2) is 13.2 Å². The number of nitrogens with one attached hydrogen (secondary N) is 1. The Morgan fingerprint density at radius 3 is 2.59 bits per heavy atom. The highest BCUT2D eigenvalue weighted by Crippen LogP contribution is 2.36. The summed E-state index contributed by atoms with van der Waals surface area (Å²) in [5.74, 6) is -2.77. The third-order valence-electron chi connectivity index (χ3n) is 4.72. The molecule has 2 rings (SSSR count). The second kappa shape index (κ2) is 9.97. The average molecular weight is 387 g/mol. The van der Waals surface area contributed by atoms with Gasteiger partial charge in [-0.15, -0.1) is 0 Å². The Labute approximate surface area is 158 Å². The number of carbonyl (C=O) groups excluding carboxylic acids is 1. The molecule has 0 unspecified atom stereocenters. The smallest absolute Gasteiger partial charge is 0.248 e. The highest BCUT2D eigenvalue weighted by atomic mass is 19.3. The number of hydrogen-bond acceptors (Lipinski definition) is 3. The SMILES string of the molecule is CC(C)c1ccc(F)cc1OCCOCCNC(=O)C1CCC(F)(F)CC1. The molecule has 1 fully saturated rings.